The van der Waals surface area contributed by atoms with Crippen molar-refractivity contribution in [2.75, 3.05) is 13.1 Å². The molecule has 3 nitrogen and oxygen atoms in total. The Kier molecular flexibility index (Phi) is 2.52. The third-order valence-corrected chi connectivity index (χ3v) is 3.63. The van der Waals surface area contributed by atoms with Crippen LogP contribution in [-0.4, -0.2) is 24.2 Å². The van der Waals surface area contributed by atoms with Crippen molar-refractivity contribution in [2.45, 2.75) is 18.9 Å². The van der Waals surface area contributed by atoms with Crippen LogP contribution in [0.1, 0.15) is 12.8 Å². The van der Waals surface area contributed by atoms with Gasteiger partial charge < -0.3 is 10.1 Å². The standard InChI is InChI=1S/C12H15FN2O/c13-12-11(2-1-3-15-12)16-10-4-8-6-14-7-9(8)5-10/h1-3,8-10,14H,4-7H2. The molecule has 2 unspecified atom stereocenters. The fraction of sp³-hybridized carbons (Fsp3) is 0.583. The van der Waals surface area contributed by atoms with Crippen LogP contribution in [-0.2, 0) is 0 Å². The van der Waals surface area contributed by atoms with E-state index in [1.165, 1.54) is 6.20 Å². The van der Waals surface area contributed by atoms with Crippen LogP contribution in [0, 0.1) is 17.8 Å². The van der Waals surface area contributed by atoms with Crippen molar-refractivity contribution in [3.8, 4) is 5.75 Å². The van der Waals surface area contributed by atoms with Crippen LogP contribution in [0.4, 0.5) is 4.39 Å². The molecular formula is C12H15FN2O. The van der Waals surface area contributed by atoms with Crippen LogP contribution < -0.4 is 10.1 Å². The maximum absolute atomic E-state index is 13.3. The van der Waals surface area contributed by atoms with Crippen molar-refractivity contribution in [3.05, 3.63) is 24.3 Å². The van der Waals surface area contributed by atoms with Crippen LogP contribution >= 0.6 is 0 Å². The molecule has 0 radical (unpaired) electrons. The van der Waals surface area contributed by atoms with Crippen molar-refractivity contribution >= 4 is 0 Å². The first-order valence-corrected chi connectivity index (χ1v) is 5.81. The molecule has 16 heavy (non-hydrogen) atoms. The number of nitrogens with one attached hydrogen (secondary N) is 1. The molecule has 3 rings (SSSR count). The zero-order chi connectivity index (χ0) is 11.0. The normalized spacial score (nSPS) is 32.7. The zero-order valence-corrected chi connectivity index (χ0v) is 9.03. The summed E-state index contributed by atoms with van der Waals surface area (Å²) in [7, 11) is 0. The number of aromatic nitrogens is 1. The van der Waals surface area contributed by atoms with Gasteiger partial charge in [0.05, 0.1) is 6.10 Å². The molecule has 2 aliphatic rings. The van der Waals surface area contributed by atoms with Crippen molar-refractivity contribution < 1.29 is 9.13 Å². The van der Waals surface area contributed by atoms with E-state index in [1.54, 1.807) is 12.1 Å². The summed E-state index contributed by atoms with van der Waals surface area (Å²) in [6.07, 6.45) is 3.67. The molecule has 1 saturated heterocycles. The van der Waals surface area contributed by atoms with Crippen molar-refractivity contribution in [3.63, 3.8) is 0 Å². The van der Waals surface area contributed by atoms with Gasteiger partial charge in [0.1, 0.15) is 0 Å². The van der Waals surface area contributed by atoms with Crippen LogP contribution in [0.2, 0.25) is 0 Å². The zero-order valence-electron chi connectivity index (χ0n) is 9.03. The summed E-state index contributed by atoms with van der Waals surface area (Å²) < 4.78 is 19.0. The van der Waals surface area contributed by atoms with E-state index in [1.807, 2.05) is 0 Å². The summed E-state index contributed by atoms with van der Waals surface area (Å²) in [4.78, 5) is 3.59. The van der Waals surface area contributed by atoms with Gasteiger partial charge >= 0.3 is 0 Å². The van der Waals surface area contributed by atoms with Crippen molar-refractivity contribution in [1.82, 2.24) is 10.3 Å². The van der Waals surface area contributed by atoms with E-state index in [0.717, 1.165) is 25.9 Å². The molecule has 1 aliphatic heterocycles. The number of halogens is 1. The van der Waals surface area contributed by atoms with E-state index in [9.17, 15) is 4.39 Å². The summed E-state index contributed by atoms with van der Waals surface area (Å²) in [5.74, 6) is 1.22. The molecule has 2 fully saturated rings. The first-order chi connectivity index (χ1) is 7.83. The highest BCUT2D eigenvalue weighted by molar-refractivity contribution is 5.18. The Bertz CT molecular complexity index is 373. The largest absolute Gasteiger partial charge is 0.486 e. The second-order valence-electron chi connectivity index (χ2n) is 4.68. The van der Waals surface area contributed by atoms with E-state index in [-0.39, 0.29) is 6.10 Å². The summed E-state index contributed by atoms with van der Waals surface area (Å²) in [5.41, 5.74) is 0. The molecule has 1 aliphatic carbocycles. The predicted molar refractivity (Wildman–Crippen MR) is 57.7 cm³/mol. The molecule has 0 amide bonds. The van der Waals surface area contributed by atoms with Gasteiger partial charge in [-0.1, -0.05) is 0 Å². The van der Waals surface area contributed by atoms with Gasteiger partial charge in [-0.15, -0.1) is 0 Å². The Labute approximate surface area is 94.0 Å². The van der Waals surface area contributed by atoms with Gasteiger partial charge in [-0.05, 0) is 49.9 Å². The maximum atomic E-state index is 13.3. The predicted octanol–water partition coefficient (Wildman–Crippen LogP) is 1.60. The minimum absolute atomic E-state index is 0.163. The van der Waals surface area contributed by atoms with E-state index >= 15 is 0 Å². The summed E-state index contributed by atoms with van der Waals surface area (Å²) >= 11 is 0. The Morgan fingerprint density at radius 3 is 2.75 bits per heavy atom. The Balaban J connectivity index is 1.66. The lowest BCUT2D eigenvalue weighted by molar-refractivity contribution is 0.188. The number of pyridine rings is 1. The molecular weight excluding hydrogens is 207 g/mol. The SMILES string of the molecule is Fc1ncccc1OC1CC2CNCC2C1. The van der Waals surface area contributed by atoms with Gasteiger partial charge in [-0.2, -0.15) is 4.39 Å². The quantitative estimate of drug-likeness (QED) is 0.772. The molecule has 1 N–H and O–H groups in total. The number of ether oxygens (including phenoxy) is 1. The molecule has 1 aromatic heterocycles. The van der Waals surface area contributed by atoms with E-state index in [0.29, 0.717) is 17.6 Å². The number of nitrogens with zero attached hydrogens (tertiary/aromatic N) is 1. The molecule has 1 aromatic rings. The topological polar surface area (TPSA) is 34.1 Å². The van der Waals surface area contributed by atoms with Gasteiger partial charge in [0, 0.05) is 6.20 Å². The minimum atomic E-state index is -0.502. The highest BCUT2D eigenvalue weighted by atomic mass is 19.1. The summed E-state index contributed by atoms with van der Waals surface area (Å²) in [6.45, 7) is 2.17. The molecule has 2 atom stereocenters. The van der Waals surface area contributed by atoms with Crippen LogP contribution in [0.15, 0.2) is 18.3 Å². The minimum Gasteiger partial charge on any atom is -0.486 e. The number of hydrogen-bond acceptors (Lipinski definition) is 3. The highest BCUT2D eigenvalue weighted by Crippen LogP contribution is 2.36. The summed E-state index contributed by atoms with van der Waals surface area (Å²) in [5, 5.41) is 3.38. The molecule has 4 heteroatoms. The fourth-order valence-corrected chi connectivity index (χ4v) is 2.85. The second-order valence-corrected chi connectivity index (χ2v) is 4.68. The van der Waals surface area contributed by atoms with Gasteiger partial charge in [0.2, 0.25) is 0 Å². The lowest BCUT2D eigenvalue weighted by atomic mass is 10.0. The third kappa shape index (κ3) is 1.78. The molecule has 0 bridgehead atoms. The molecule has 86 valence electrons. The average molecular weight is 222 g/mol. The Morgan fingerprint density at radius 1 is 1.31 bits per heavy atom. The molecule has 1 saturated carbocycles. The second kappa shape index (κ2) is 4.01. The van der Waals surface area contributed by atoms with E-state index in [4.69, 9.17) is 4.74 Å². The molecule has 2 heterocycles. The Morgan fingerprint density at radius 2 is 2.06 bits per heavy atom. The summed E-state index contributed by atoms with van der Waals surface area (Å²) in [6, 6.07) is 3.35. The molecule has 0 aromatic carbocycles. The molecule has 0 spiro atoms. The highest BCUT2D eigenvalue weighted by Gasteiger charge is 2.38. The van der Waals surface area contributed by atoms with E-state index in [2.05, 4.69) is 10.3 Å². The number of fused-ring (bicyclic) bond motifs is 1. The number of hydrogen-bond donors (Lipinski definition) is 1. The third-order valence-electron chi connectivity index (χ3n) is 3.63. The monoisotopic (exact) mass is 222 g/mol. The van der Waals surface area contributed by atoms with Crippen LogP contribution in [0.25, 0.3) is 0 Å². The van der Waals surface area contributed by atoms with Crippen LogP contribution in [0.3, 0.4) is 0 Å². The van der Waals surface area contributed by atoms with Crippen molar-refractivity contribution in [1.29, 1.82) is 0 Å². The first kappa shape index (κ1) is 10.0. The average Bonchev–Trinajstić information content (AvgIpc) is 2.81. The first-order valence-electron chi connectivity index (χ1n) is 5.81. The van der Waals surface area contributed by atoms with Gasteiger partial charge in [0.15, 0.2) is 5.75 Å². The smallest absolute Gasteiger partial charge is 0.255 e. The van der Waals surface area contributed by atoms with Gasteiger partial charge in [-0.25, -0.2) is 4.98 Å². The maximum Gasteiger partial charge on any atom is 0.255 e. The Hall–Kier alpha value is -1.16. The lowest BCUT2D eigenvalue weighted by Gasteiger charge is -2.14. The van der Waals surface area contributed by atoms with Gasteiger partial charge in [0.25, 0.3) is 5.95 Å². The fourth-order valence-electron chi connectivity index (χ4n) is 2.85. The van der Waals surface area contributed by atoms with Crippen LogP contribution in [0.5, 0.6) is 5.75 Å². The lowest BCUT2D eigenvalue weighted by Crippen LogP contribution is -2.19. The van der Waals surface area contributed by atoms with Crippen molar-refractivity contribution in [2.24, 2.45) is 11.8 Å². The van der Waals surface area contributed by atoms with Gasteiger partial charge in [-0.3, -0.25) is 0 Å². The van der Waals surface area contributed by atoms with E-state index < -0.39 is 5.95 Å². The number of rotatable bonds is 2.